The van der Waals surface area contributed by atoms with Crippen LogP contribution in [0.4, 0.5) is 5.69 Å². The molecule has 1 aromatic carbocycles. The van der Waals surface area contributed by atoms with E-state index in [1.165, 1.54) is 6.33 Å². The van der Waals surface area contributed by atoms with Crippen molar-refractivity contribution in [2.75, 3.05) is 29.7 Å². The van der Waals surface area contributed by atoms with E-state index in [-0.39, 0.29) is 38.9 Å². The van der Waals surface area contributed by atoms with Gasteiger partial charge in [-0.15, -0.1) is 23.2 Å². The van der Waals surface area contributed by atoms with Gasteiger partial charge in [0, 0.05) is 55.3 Å². The van der Waals surface area contributed by atoms with Crippen LogP contribution in [0.25, 0.3) is 0 Å². The summed E-state index contributed by atoms with van der Waals surface area (Å²) in [5, 5.41) is 11.9. The van der Waals surface area contributed by atoms with E-state index in [0.29, 0.717) is 23.9 Å². The van der Waals surface area contributed by atoms with Gasteiger partial charge in [-0.2, -0.15) is 0 Å². The number of rotatable bonds is 13. The van der Waals surface area contributed by atoms with Gasteiger partial charge in [0.05, 0.1) is 6.33 Å². The van der Waals surface area contributed by atoms with Gasteiger partial charge >= 0.3 is 60.0 Å². The SMILES string of the molecule is O=C(CCCc1ccc(N(CCCl)CCCl)cc1)N[C@H](Cc1cnc[nH]1)C(=O)O.[99Tc+7].[C-]#[O+].[C-]#[O+].[C-]#[O+]. The predicted octanol–water partition coefficient (Wildman–Crippen LogP) is 2.71. The zero-order chi connectivity index (χ0) is 27.1. The van der Waals surface area contributed by atoms with Crippen LogP contribution in [0.1, 0.15) is 24.1 Å². The van der Waals surface area contributed by atoms with Gasteiger partial charge in [-0.1, -0.05) is 12.1 Å². The number of anilines is 1. The number of hydrogen-bond donors (Lipinski definition) is 3. The number of imidazole rings is 1. The van der Waals surface area contributed by atoms with Crippen molar-refractivity contribution < 1.29 is 48.8 Å². The number of alkyl halides is 2. The quantitative estimate of drug-likeness (QED) is 0.178. The van der Waals surface area contributed by atoms with Gasteiger partial charge < -0.3 is 20.3 Å². The van der Waals surface area contributed by atoms with Gasteiger partial charge in [0.1, 0.15) is 6.04 Å². The number of H-pyrrole nitrogens is 1. The molecule has 1 amide bonds. The fraction of sp³-hybridized carbons (Fsp3) is 0.391. The number of aromatic amines is 1. The van der Waals surface area contributed by atoms with Crippen molar-refractivity contribution >= 4 is 40.8 Å². The van der Waals surface area contributed by atoms with E-state index in [2.05, 4.69) is 40.1 Å². The topological polar surface area (TPSA) is 158 Å². The molecule has 0 aliphatic heterocycles. The average Bonchev–Trinajstić information content (AvgIpc) is 3.41. The van der Waals surface area contributed by atoms with Crippen molar-refractivity contribution in [2.24, 2.45) is 0 Å². The van der Waals surface area contributed by atoms with Gasteiger partial charge in [-0.05, 0) is 30.5 Å². The first-order valence-corrected chi connectivity index (χ1v) is 11.2. The molecule has 36 heavy (non-hydrogen) atoms. The van der Waals surface area contributed by atoms with Crippen LogP contribution in [0, 0.1) is 20.0 Å². The summed E-state index contributed by atoms with van der Waals surface area (Å²) in [6.45, 7) is 15.0. The van der Waals surface area contributed by atoms with Gasteiger partial charge in [0.25, 0.3) is 0 Å². The number of halogens is 2. The van der Waals surface area contributed by atoms with Crippen LogP contribution in [0.15, 0.2) is 36.8 Å². The summed E-state index contributed by atoms with van der Waals surface area (Å²) in [7, 11) is 0. The Morgan fingerprint density at radius 2 is 1.61 bits per heavy atom. The van der Waals surface area contributed by atoms with Crippen molar-refractivity contribution in [3.63, 3.8) is 0 Å². The Bertz CT molecular complexity index is 872. The molecule has 1 heterocycles. The van der Waals surface area contributed by atoms with Crippen molar-refractivity contribution in [3.8, 4) is 0 Å². The third-order valence-corrected chi connectivity index (χ3v) is 4.83. The maximum atomic E-state index is 12.1. The van der Waals surface area contributed by atoms with Crippen LogP contribution in [0.5, 0.6) is 0 Å². The summed E-state index contributed by atoms with van der Waals surface area (Å²) in [4.78, 5) is 32.3. The predicted molar refractivity (Wildman–Crippen MR) is 127 cm³/mol. The van der Waals surface area contributed by atoms with E-state index in [9.17, 15) is 14.7 Å². The van der Waals surface area contributed by atoms with Crippen LogP contribution in [-0.2, 0) is 56.5 Å². The molecular weight excluding hydrogens is 598 g/mol. The summed E-state index contributed by atoms with van der Waals surface area (Å²) in [6, 6.07) is 7.14. The monoisotopic (exact) mass is 623 g/mol. The zero-order valence-electron chi connectivity index (χ0n) is 19.2. The summed E-state index contributed by atoms with van der Waals surface area (Å²) >= 11 is 11.7. The fourth-order valence-corrected chi connectivity index (χ4v) is 3.39. The minimum absolute atomic E-state index is 0. The van der Waals surface area contributed by atoms with E-state index in [1.54, 1.807) is 6.20 Å². The summed E-state index contributed by atoms with van der Waals surface area (Å²) in [6.07, 6.45) is 4.83. The molecule has 2 rings (SSSR count). The van der Waals surface area contributed by atoms with Crippen molar-refractivity contribution in [1.29, 1.82) is 0 Å². The number of aromatic nitrogens is 2. The molecule has 0 fully saturated rings. The van der Waals surface area contributed by atoms with E-state index in [4.69, 9.17) is 37.2 Å². The molecule has 0 bridgehead atoms. The van der Waals surface area contributed by atoms with E-state index in [0.717, 1.165) is 30.8 Å². The molecule has 0 aliphatic carbocycles. The molecule has 188 valence electrons. The molecule has 1 aromatic heterocycles. The zero-order valence-corrected chi connectivity index (χ0v) is 22.6. The number of aryl methyl sites for hydroxylation is 1. The van der Waals surface area contributed by atoms with Gasteiger partial charge in [0.15, 0.2) is 0 Å². The normalized spacial score (nSPS) is 9.67. The minimum atomic E-state index is -1.07. The number of carbonyl (C=O) groups excluding carboxylic acids is 1. The molecular formula is C23H26Cl2N4O6Tc+7. The van der Waals surface area contributed by atoms with Crippen LogP contribution in [0.3, 0.4) is 0 Å². The summed E-state index contributed by atoms with van der Waals surface area (Å²) < 4.78 is 22.5. The first-order chi connectivity index (χ1) is 17.0. The van der Waals surface area contributed by atoms with E-state index in [1.807, 2.05) is 24.3 Å². The molecule has 3 N–H and O–H groups in total. The molecule has 2 aromatic rings. The van der Waals surface area contributed by atoms with E-state index < -0.39 is 12.0 Å². The van der Waals surface area contributed by atoms with Crippen molar-refractivity contribution in [2.45, 2.75) is 31.7 Å². The van der Waals surface area contributed by atoms with Gasteiger partial charge in [-0.3, -0.25) is 4.79 Å². The van der Waals surface area contributed by atoms with Crippen LogP contribution < -0.4 is 10.2 Å². The molecule has 10 nitrogen and oxygen atoms in total. The number of amides is 1. The number of nitrogens with one attached hydrogen (secondary N) is 2. The second-order valence-electron chi connectivity index (χ2n) is 6.62. The fourth-order valence-electron chi connectivity index (χ4n) is 2.98. The Labute approximate surface area is 233 Å². The number of carboxylic acids is 1. The Morgan fingerprint density at radius 1 is 1.06 bits per heavy atom. The Kier molecular flexibility index (Phi) is 27.2. The van der Waals surface area contributed by atoms with Crippen LogP contribution >= 0.6 is 23.2 Å². The molecule has 0 saturated carbocycles. The molecule has 13 heteroatoms. The number of aliphatic carboxylic acids is 1. The molecule has 0 unspecified atom stereocenters. The Hall–Kier alpha value is -2.38. The second-order valence-corrected chi connectivity index (χ2v) is 7.38. The summed E-state index contributed by atoms with van der Waals surface area (Å²) in [5.74, 6) is -0.275. The number of hydrogen-bond acceptors (Lipinski definition) is 4. The third kappa shape index (κ3) is 16.3. The number of carbonyl (C=O) groups is 2. The number of carboxylic acid groups (broad SMARTS) is 1. The molecule has 0 saturated heterocycles. The number of benzene rings is 1. The summed E-state index contributed by atoms with van der Waals surface area (Å²) in [5.41, 5.74) is 2.84. The Morgan fingerprint density at radius 3 is 2.06 bits per heavy atom. The van der Waals surface area contributed by atoms with Crippen LogP contribution in [0.2, 0.25) is 0 Å². The Balaban J connectivity index is -0.00000144. The third-order valence-electron chi connectivity index (χ3n) is 4.49. The maximum absolute atomic E-state index is 12.1. The first-order valence-electron chi connectivity index (χ1n) is 10.1. The second kappa shape index (κ2) is 25.7. The van der Waals surface area contributed by atoms with Gasteiger partial charge in [0.2, 0.25) is 5.91 Å². The molecule has 0 radical (unpaired) electrons. The first kappa shape index (κ1) is 38.2. The van der Waals surface area contributed by atoms with Crippen molar-refractivity contribution in [3.05, 3.63) is 68.0 Å². The molecule has 0 aliphatic rings. The van der Waals surface area contributed by atoms with Crippen molar-refractivity contribution in [1.82, 2.24) is 15.3 Å². The van der Waals surface area contributed by atoms with Crippen LogP contribution in [-0.4, -0.2) is 57.8 Å². The molecule has 1 atom stereocenters. The average molecular weight is 624 g/mol. The van der Waals surface area contributed by atoms with Gasteiger partial charge in [-0.25, -0.2) is 9.78 Å². The van der Waals surface area contributed by atoms with E-state index >= 15 is 0 Å². The molecule has 0 spiro atoms. The standard InChI is InChI=1S/C20H26Cl2N4O3.3CO.Tc/c21-8-10-26(11-9-22)17-6-4-15(5-7-17)2-1-3-19(27)25-18(20(28)29)12-16-13-23-14-24-16;3*1-2;/h4-7,13-14,18H,1-3,8-12H2,(H,23,24)(H,25,27)(H,28,29);;;;/q;;;;+7/t18-;;;;/m1..../s1/i;;;;1+1. The number of nitrogens with zero attached hydrogens (tertiary/aromatic N) is 2.